The number of para-hydroxylation sites is 1. The fourth-order valence-corrected chi connectivity index (χ4v) is 9.84. The molecule has 0 saturated heterocycles. The highest BCUT2D eigenvalue weighted by Crippen LogP contribution is 2.50. The van der Waals surface area contributed by atoms with Gasteiger partial charge in [0.05, 0.1) is 11.4 Å². The molecular formula is C60H60BN3. The van der Waals surface area contributed by atoms with E-state index in [1.165, 1.54) is 66.8 Å². The van der Waals surface area contributed by atoms with Gasteiger partial charge in [-0.1, -0.05) is 168 Å². The molecule has 318 valence electrons. The Morgan fingerprint density at radius 1 is 0.531 bits per heavy atom. The van der Waals surface area contributed by atoms with Crippen LogP contribution in [0, 0.1) is 27.7 Å². The third-order valence-corrected chi connectivity index (χ3v) is 13.2. The maximum atomic E-state index is 4.29. The average molecular weight is 834 g/mol. The summed E-state index contributed by atoms with van der Waals surface area (Å²) in [5.74, 6) is 0. The van der Waals surface area contributed by atoms with Crippen molar-refractivity contribution < 1.29 is 0 Å². The van der Waals surface area contributed by atoms with Gasteiger partial charge in [0.25, 0.3) is 6.71 Å². The number of hydrogen-bond donors (Lipinski definition) is 0. The standard InChI is InChI=1S/C60H60BN3/c1-13-17-43(14-2)49-18-15-16-19-53(49)64-55-33-26-45(60(10,11)12)36-51(55)61-50-35-41(5)23-32-54(50)63(47-27-20-39(3)21-28-47)56-37-48(38-57(64)58(56)61)62(52-31-22-40(4)34-42(52)6)46-29-24-44(25-30-46)59(7,8)9/h13-38H,1-2H2,3-12H3/b43-17+. The van der Waals surface area contributed by atoms with Gasteiger partial charge in [0.15, 0.2) is 0 Å². The fourth-order valence-electron chi connectivity index (χ4n) is 9.84. The number of rotatable bonds is 8. The van der Waals surface area contributed by atoms with Crippen molar-refractivity contribution in [2.45, 2.75) is 80.1 Å². The Labute approximate surface area is 382 Å². The molecule has 2 aliphatic rings. The van der Waals surface area contributed by atoms with Crippen molar-refractivity contribution in [1.29, 1.82) is 0 Å². The molecule has 4 heteroatoms. The van der Waals surface area contributed by atoms with Crippen LogP contribution in [-0.2, 0) is 10.8 Å². The minimum Gasteiger partial charge on any atom is -0.311 e. The molecule has 0 saturated carbocycles. The fraction of sp³-hybridized carbons (Fsp3) is 0.200. The van der Waals surface area contributed by atoms with Gasteiger partial charge in [0, 0.05) is 45.4 Å². The van der Waals surface area contributed by atoms with Gasteiger partial charge in [0.2, 0.25) is 0 Å². The normalized spacial score (nSPS) is 13.3. The highest BCUT2D eigenvalue weighted by molar-refractivity contribution is 7.00. The van der Waals surface area contributed by atoms with Crippen LogP contribution in [0.4, 0.5) is 51.2 Å². The van der Waals surface area contributed by atoms with Crippen LogP contribution in [0.2, 0.25) is 0 Å². The predicted molar refractivity (Wildman–Crippen MR) is 280 cm³/mol. The Morgan fingerprint density at radius 2 is 1.11 bits per heavy atom. The Morgan fingerprint density at radius 3 is 1.77 bits per heavy atom. The summed E-state index contributed by atoms with van der Waals surface area (Å²) in [6.07, 6.45) is 5.87. The molecule has 9 rings (SSSR count). The van der Waals surface area contributed by atoms with Gasteiger partial charge < -0.3 is 14.7 Å². The van der Waals surface area contributed by atoms with Crippen LogP contribution in [0.15, 0.2) is 171 Å². The van der Waals surface area contributed by atoms with Gasteiger partial charge in [-0.3, -0.25) is 0 Å². The number of anilines is 9. The molecule has 0 aromatic heterocycles. The Balaban J connectivity index is 1.45. The minimum absolute atomic E-state index is 0.0207. The number of aryl methyl sites for hydroxylation is 4. The van der Waals surface area contributed by atoms with Gasteiger partial charge >= 0.3 is 0 Å². The summed E-state index contributed by atoms with van der Waals surface area (Å²) in [5, 5.41) is 0. The zero-order valence-corrected chi connectivity index (χ0v) is 39.3. The smallest absolute Gasteiger partial charge is 0.252 e. The summed E-state index contributed by atoms with van der Waals surface area (Å²) < 4.78 is 0. The molecule has 64 heavy (non-hydrogen) atoms. The average Bonchev–Trinajstić information content (AvgIpc) is 3.26. The van der Waals surface area contributed by atoms with Crippen LogP contribution < -0.4 is 31.1 Å². The second kappa shape index (κ2) is 16.1. The Hall–Kier alpha value is -6.78. The molecule has 0 unspecified atom stereocenters. The predicted octanol–water partition coefficient (Wildman–Crippen LogP) is 14.8. The lowest BCUT2D eigenvalue weighted by molar-refractivity contribution is 0.590. The van der Waals surface area contributed by atoms with Crippen molar-refractivity contribution >= 4 is 79.9 Å². The summed E-state index contributed by atoms with van der Waals surface area (Å²) in [7, 11) is 0. The zero-order valence-electron chi connectivity index (χ0n) is 39.3. The first-order valence-electron chi connectivity index (χ1n) is 22.7. The highest BCUT2D eigenvalue weighted by atomic mass is 15.2. The number of nitrogens with zero attached hydrogens (tertiary/aromatic N) is 3. The first-order valence-corrected chi connectivity index (χ1v) is 22.7. The number of allylic oxidation sites excluding steroid dienone is 4. The third kappa shape index (κ3) is 7.39. The lowest BCUT2D eigenvalue weighted by Gasteiger charge is -2.45. The SMILES string of the molecule is C=C/C=C(\C=C)c1ccccc1N1c2ccc(C(C)(C)C)cc2B2c3cc(C)ccc3N(c3ccc(C)cc3)c3cc(N(c4ccc(C(C)(C)C)cc4)c4ccc(C)cc4C)cc1c32. The van der Waals surface area contributed by atoms with Crippen LogP contribution in [0.25, 0.3) is 5.57 Å². The van der Waals surface area contributed by atoms with E-state index < -0.39 is 0 Å². The maximum Gasteiger partial charge on any atom is 0.252 e. The molecular weight excluding hydrogens is 773 g/mol. The van der Waals surface area contributed by atoms with E-state index in [0.29, 0.717) is 0 Å². The first kappa shape index (κ1) is 42.5. The van der Waals surface area contributed by atoms with Crippen molar-refractivity contribution in [3.05, 3.63) is 210 Å². The van der Waals surface area contributed by atoms with E-state index >= 15 is 0 Å². The number of hydrogen-bond acceptors (Lipinski definition) is 3. The zero-order chi connectivity index (χ0) is 45.2. The largest absolute Gasteiger partial charge is 0.311 e. The quantitative estimate of drug-likeness (QED) is 0.112. The van der Waals surface area contributed by atoms with Gasteiger partial charge in [-0.2, -0.15) is 0 Å². The summed E-state index contributed by atoms with van der Waals surface area (Å²) in [4.78, 5) is 7.53. The summed E-state index contributed by atoms with van der Waals surface area (Å²) in [6.45, 7) is 31.0. The molecule has 7 aromatic rings. The van der Waals surface area contributed by atoms with Crippen LogP contribution in [-0.4, -0.2) is 6.71 Å². The summed E-state index contributed by atoms with van der Waals surface area (Å²) >= 11 is 0. The molecule has 0 amide bonds. The molecule has 3 nitrogen and oxygen atoms in total. The molecule has 7 aromatic carbocycles. The van der Waals surface area contributed by atoms with E-state index in [0.717, 1.165) is 45.3 Å². The Bertz CT molecular complexity index is 2990. The van der Waals surface area contributed by atoms with Crippen molar-refractivity contribution in [2.75, 3.05) is 14.7 Å². The minimum atomic E-state index is -0.0551. The van der Waals surface area contributed by atoms with E-state index in [-0.39, 0.29) is 17.5 Å². The monoisotopic (exact) mass is 833 g/mol. The van der Waals surface area contributed by atoms with E-state index in [9.17, 15) is 0 Å². The third-order valence-electron chi connectivity index (χ3n) is 13.2. The van der Waals surface area contributed by atoms with Gasteiger partial charge in [-0.25, -0.2) is 0 Å². The molecule has 2 heterocycles. The molecule has 0 aliphatic carbocycles. The molecule has 2 aliphatic heterocycles. The van der Waals surface area contributed by atoms with E-state index in [2.05, 4.69) is 243 Å². The molecule has 0 atom stereocenters. The Kier molecular flexibility index (Phi) is 10.7. The highest BCUT2D eigenvalue weighted by Gasteiger charge is 2.45. The molecule has 0 N–H and O–H groups in total. The van der Waals surface area contributed by atoms with E-state index in [4.69, 9.17) is 0 Å². The second-order valence-corrected chi connectivity index (χ2v) is 19.9. The van der Waals surface area contributed by atoms with Crippen molar-refractivity contribution in [2.24, 2.45) is 0 Å². The molecule has 0 bridgehead atoms. The van der Waals surface area contributed by atoms with E-state index in [1.807, 2.05) is 12.2 Å². The maximum absolute atomic E-state index is 4.29. The number of fused-ring (bicyclic) bond motifs is 4. The van der Waals surface area contributed by atoms with Crippen LogP contribution in [0.3, 0.4) is 0 Å². The van der Waals surface area contributed by atoms with Crippen molar-refractivity contribution in [1.82, 2.24) is 0 Å². The lowest BCUT2D eigenvalue weighted by atomic mass is 9.33. The van der Waals surface area contributed by atoms with Crippen molar-refractivity contribution in [3.63, 3.8) is 0 Å². The van der Waals surface area contributed by atoms with Gasteiger partial charge in [-0.05, 0) is 138 Å². The molecule has 0 spiro atoms. The lowest BCUT2D eigenvalue weighted by Crippen LogP contribution is -2.61. The van der Waals surface area contributed by atoms with Crippen molar-refractivity contribution in [3.8, 4) is 0 Å². The summed E-state index contributed by atoms with van der Waals surface area (Å²) in [5.41, 5.74) is 23.8. The molecule has 0 fully saturated rings. The van der Waals surface area contributed by atoms with Crippen LogP contribution >= 0.6 is 0 Å². The van der Waals surface area contributed by atoms with Crippen LogP contribution in [0.1, 0.15) is 80.5 Å². The van der Waals surface area contributed by atoms with Crippen LogP contribution in [0.5, 0.6) is 0 Å². The summed E-state index contributed by atoms with van der Waals surface area (Å²) in [6, 6.07) is 53.0. The van der Waals surface area contributed by atoms with Gasteiger partial charge in [-0.15, -0.1) is 0 Å². The van der Waals surface area contributed by atoms with Gasteiger partial charge in [0.1, 0.15) is 0 Å². The first-order chi connectivity index (χ1) is 30.6. The van der Waals surface area contributed by atoms with E-state index in [1.54, 1.807) is 0 Å². The second-order valence-electron chi connectivity index (χ2n) is 19.9. The molecule has 0 radical (unpaired) electrons. The topological polar surface area (TPSA) is 9.72 Å². The number of benzene rings is 7.